The highest BCUT2D eigenvalue weighted by atomic mass is 32.2. The normalized spacial score (nSPS) is 17.3. The van der Waals surface area contributed by atoms with E-state index < -0.39 is 34.1 Å². The lowest BCUT2D eigenvalue weighted by Gasteiger charge is -2.40. The molecule has 14 heteroatoms. The number of aliphatic imine (C=N–C) groups is 1. The van der Waals surface area contributed by atoms with Gasteiger partial charge in [-0.15, -0.1) is 13.2 Å². The molecular formula is C27H32F3N5O5S. The summed E-state index contributed by atoms with van der Waals surface area (Å²) in [5, 5.41) is 11.9. The Balaban J connectivity index is 1.84. The Bertz CT molecular complexity index is 1380. The number of piperazine rings is 1. The van der Waals surface area contributed by atoms with Gasteiger partial charge in [0.25, 0.3) is 0 Å². The average molecular weight is 596 g/mol. The number of aliphatic hydroxyl groups is 1. The van der Waals surface area contributed by atoms with Crippen LogP contribution in [-0.2, 0) is 27.8 Å². The minimum Gasteiger partial charge on any atom is -0.406 e. The second-order valence-electron chi connectivity index (χ2n) is 9.02. The Morgan fingerprint density at radius 3 is 2.37 bits per heavy atom. The molecule has 2 aromatic rings. The van der Waals surface area contributed by atoms with Gasteiger partial charge in [-0.25, -0.2) is 8.42 Å². The Hall–Kier alpha value is -3.88. The van der Waals surface area contributed by atoms with Crippen LogP contribution >= 0.6 is 0 Å². The van der Waals surface area contributed by atoms with Gasteiger partial charge in [0.1, 0.15) is 17.6 Å². The van der Waals surface area contributed by atoms with Gasteiger partial charge < -0.3 is 25.8 Å². The van der Waals surface area contributed by atoms with E-state index in [1.54, 1.807) is 17.0 Å². The fourth-order valence-electron chi connectivity index (χ4n) is 4.04. The minimum atomic E-state index is -4.83. The SMILES string of the molecule is C=C/C(CO)=N\C=C(/N)N1CCN(S(=O)(=O)c2ccc(CC)cc2)[C@@H](C(=O)NCc2ccc(OC(F)(F)F)cc2)C1. The highest BCUT2D eigenvalue weighted by molar-refractivity contribution is 7.89. The number of nitrogens with two attached hydrogens (primary N) is 1. The van der Waals surface area contributed by atoms with Crippen molar-refractivity contribution in [2.75, 3.05) is 26.2 Å². The predicted octanol–water partition coefficient (Wildman–Crippen LogP) is 2.52. The summed E-state index contributed by atoms with van der Waals surface area (Å²) < 4.78 is 69.5. The van der Waals surface area contributed by atoms with E-state index in [0.29, 0.717) is 5.56 Å². The van der Waals surface area contributed by atoms with E-state index in [1.807, 2.05) is 6.92 Å². The van der Waals surface area contributed by atoms with Gasteiger partial charge in [-0.2, -0.15) is 4.31 Å². The number of hydrogen-bond acceptors (Lipinski definition) is 8. The molecule has 2 aromatic carbocycles. The highest BCUT2D eigenvalue weighted by Gasteiger charge is 2.40. The van der Waals surface area contributed by atoms with Crippen LogP contribution in [0, 0.1) is 0 Å². The molecule has 0 aromatic heterocycles. The molecule has 0 bridgehead atoms. The minimum absolute atomic E-state index is 0.0351. The molecule has 0 aliphatic carbocycles. The monoisotopic (exact) mass is 595 g/mol. The van der Waals surface area contributed by atoms with E-state index in [-0.39, 0.29) is 49.2 Å². The third-order valence-corrected chi connectivity index (χ3v) is 8.24. The largest absolute Gasteiger partial charge is 0.573 e. The zero-order chi connectivity index (χ0) is 30.2. The lowest BCUT2D eigenvalue weighted by molar-refractivity contribution is -0.274. The molecule has 10 nitrogen and oxygen atoms in total. The van der Waals surface area contributed by atoms with Crippen molar-refractivity contribution in [1.82, 2.24) is 14.5 Å². The van der Waals surface area contributed by atoms with Gasteiger partial charge in [-0.05, 0) is 47.9 Å². The molecule has 41 heavy (non-hydrogen) atoms. The average Bonchev–Trinajstić information content (AvgIpc) is 2.96. The van der Waals surface area contributed by atoms with E-state index in [2.05, 4.69) is 21.6 Å². The van der Waals surface area contributed by atoms with Crippen molar-refractivity contribution in [3.8, 4) is 5.75 Å². The van der Waals surface area contributed by atoms with Crippen molar-refractivity contribution in [2.45, 2.75) is 37.2 Å². The number of amides is 1. The number of alkyl halides is 3. The molecule has 1 aliphatic rings. The second kappa shape index (κ2) is 13.7. The van der Waals surface area contributed by atoms with Crippen LogP contribution in [0.15, 0.2) is 83.1 Å². The van der Waals surface area contributed by atoms with Crippen LogP contribution in [0.25, 0.3) is 0 Å². The molecule has 1 amide bonds. The summed E-state index contributed by atoms with van der Waals surface area (Å²) in [6.45, 7) is 5.06. The van der Waals surface area contributed by atoms with E-state index >= 15 is 0 Å². The first-order valence-corrected chi connectivity index (χ1v) is 14.1. The number of nitrogens with zero attached hydrogens (tertiary/aromatic N) is 3. The van der Waals surface area contributed by atoms with Gasteiger partial charge in [0.05, 0.1) is 23.4 Å². The highest BCUT2D eigenvalue weighted by Crippen LogP contribution is 2.25. The summed E-state index contributed by atoms with van der Waals surface area (Å²) in [6.07, 6.45) is -1.46. The number of ether oxygens (including phenoxy) is 1. The standard InChI is InChI=1S/C27H32F3N5O5S/c1-3-19-7-11-23(12-8-19)41(38,39)35-14-13-34(25(31)16-32-21(4-2)18-36)17-24(35)26(37)33-15-20-5-9-22(10-6-20)40-27(28,29)30/h4-12,16,24,36H,2-3,13-15,17-18,31H2,1H3,(H,33,37)/b25-16+,32-21+/t24-/m1/s1. The fraction of sp³-hybridized carbons (Fsp3) is 0.333. The molecule has 1 atom stereocenters. The number of aryl methyl sites for hydroxylation is 1. The van der Waals surface area contributed by atoms with Crippen molar-refractivity contribution < 1.29 is 36.2 Å². The predicted molar refractivity (Wildman–Crippen MR) is 147 cm³/mol. The van der Waals surface area contributed by atoms with Gasteiger partial charge in [0.2, 0.25) is 15.9 Å². The lowest BCUT2D eigenvalue weighted by Crippen LogP contribution is -2.60. The molecule has 1 fully saturated rings. The molecule has 222 valence electrons. The molecular weight excluding hydrogens is 563 g/mol. The smallest absolute Gasteiger partial charge is 0.406 e. The van der Waals surface area contributed by atoms with E-state index in [9.17, 15) is 31.5 Å². The molecule has 0 radical (unpaired) electrons. The molecule has 4 N–H and O–H groups in total. The maximum absolute atomic E-state index is 13.6. The van der Waals surface area contributed by atoms with Crippen molar-refractivity contribution in [3.05, 3.63) is 84.3 Å². The van der Waals surface area contributed by atoms with Crippen LogP contribution in [0.5, 0.6) is 5.75 Å². The number of rotatable bonds is 11. The Morgan fingerprint density at radius 1 is 1.17 bits per heavy atom. The van der Waals surface area contributed by atoms with Crippen molar-refractivity contribution in [3.63, 3.8) is 0 Å². The van der Waals surface area contributed by atoms with Gasteiger partial charge >= 0.3 is 6.36 Å². The molecule has 0 unspecified atom stereocenters. The summed E-state index contributed by atoms with van der Waals surface area (Å²) in [5.74, 6) is -0.884. The first-order chi connectivity index (χ1) is 19.4. The maximum atomic E-state index is 13.6. The van der Waals surface area contributed by atoms with Crippen molar-refractivity contribution in [2.24, 2.45) is 10.7 Å². The summed E-state index contributed by atoms with van der Waals surface area (Å²) in [7, 11) is -4.08. The molecule has 1 aliphatic heterocycles. The summed E-state index contributed by atoms with van der Waals surface area (Å²) in [5.41, 5.74) is 7.86. The molecule has 1 heterocycles. The number of sulfonamides is 1. The lowest BCUT2D eigenvalue weighted by atomic mass is 10.1. The number of benzene rings is 2. The van der Waals surface area contributed by atoms with Gasteiger partial charge in [-0.3, -0.25) is 9.79 Å². The first-order valence-electron chi connectivity index (χ1n) is 12.6. The van der Waals surface area contributed by atoms with Crippen LogP contribution < -0.4 is 15.8 Å². The summed E-state index contributed by atoms with van der Waals surface area (Å²) >= 11 is 0. The second-order valence-corrected chi connectivity index (χ2v) is 10.9. The molecule has 1 saturated heterocycles. The fourth-order valence-corrected chi connectivity index (χ4v) is 5.61. The molecule has 0 saturated carbocycles. The zero-order valence-electron chi connectivity index (χ0n) is 22.3. The Labute approximate surface area is 236 Å². The van der Waals surface area contributed by atoms with Crippen LogP contribution in [-0.4, -0.2) is 73.0 Å². The topological polar surface area (TPSA) is 138 Å². The number of aliphatic hydroxyl groups excluding tert-OH is 1. The van der Waals surface area contributed by atoms with E-state index in [1.165, 1.54) is 36.5 Å². The number of carbonyl (C=O) groups excluding carboxylic acids is 1. The van der Waals surface area contributed by atoms with Crippen LogP contribution in [0.3, 0.4) is 0 Å². The number of nitrogens with one attached hydrogen (secondary N) is 1. The van der Waals surface area contributed by atoms with Gasteiger partial charge in [0, 0.05) is 26.2 Å². The third kappa shape index (κ3) is 8.55. The third-order valence-electron chi connectivity index (χ3n) is 6.32. The molecule has 0 spiro atoms. The van der Waals surface area contributed by atoms with Crippen molar-refractivity contribution in [1.29, 1.82) is 0 Å². The van der Waals surface area contributed by atoms with E-state index in [4.69, 9.17) is 5.73 Å². The number of carbonyl (C=O) groups is 1. The zero-order valence-corrected chi connectivity index (χ0v) is 23.2. The Kier molecular flexibility index (Phi) is 10.5. The molecule has 3 rings (SSSR count). The van der Waals surface area contributed by atoms with E-state index in [0.717, 1.165) is 28.4 Å². The summed E-state index contributed by atoms with van der Waals surface area (Å²) in [4.78, 5) is 19.1. The maximum Gasteiger partial charge on any atom is 0.573 e. The van der Waals surface area contributed by atoms with Gasteiger partial charge in [-0.1, -0.05) is 37.8 Å². The summed E-state index contributed by atoms with van der Waals surface area (Å²) in [6, 6.07) is 10.2. The Morgan fingerprint density at radius 2 is 1.80 bits per heavy atom. The number of hydrogen-bond donors (Lipinski definition) is 3. The first kappa shape index (κ1) is 31.6. The van der Waals surface area contributed by atoms with Crippen molar-refractivity contribution >= 4 is 21.6 Å². The van der Waals surface area contributed by atoms with Crippen LogP contribution in [0.4, 0.5) is 13.2 Å². The van der Waals surface area contributed by atoms with Crippen LogP contribution in [0.2, 0.25) is 0 Å². The van der Waals surface area contributed by atoms with Gasteiger partial charge in [0.15, 0.2) is 0 Å². The quantitative estimate of drug-likeness (QED) is 0.340. The number of halogens is 3. The van der Waals surface area contributed by atoms with Crippen LogP contribution in [0.1, 0.15) is 18.1 Å².